The zero-order chi connectivity index (χ0) is 15.2. The van der Waals surface area contributed by atoms with E-state index < -0.39 is 0 Å². The van der Waals surface area contributed by atoms with Crippen molar-refractivity contribution in [1.82, 2.24) is 4.90 Å². The zero-order valence-corrected chi connectivity index (χ0v) is 14.0. The Hall–Kier alpha value is -1.25. The summed E-state index contributed by atoms with van der Waals surface area (Å²) in [5, 5.41) is 0. The van der Waals surface area contributed by atoms with E-state index in [4.69, 9.17) is 0 Å². The average Bonchev–Trinajstić information content (AvgIpc) is 2.61. The SMILES string of the molecule is SCC1CCCN(CC(c2ccccc2)c2ccccc2)C1. The normalized spacial score (nSPS) is 19.5. The van der Waals surface area contributed by atoms with Gasteiger partial charge in [-0.3, -0.25) is 0 Å². The Kier molecular flexibility index (Phi) is 5.58. The molecule has 2 heteroatoms. The third kappa shape index (κ3) is 3.93. The molecule has 0 aliphatic carbocycles. The Morgan fingerprint density at radius 1 is 0.955 bits per heavy atom. The van der Waals surface area contributed by atoms with Crippen molar-refractivity contribution in [3.05, 3.63) is 71.8 Å². The Balaban J connectivity index is 1.80. The molecule has 3 rings (SSSR count). The van der Waals surface area contributed by atoms with Crippen LogP contribution in [0.3, 0.4) is 0 Å². The van der Waals surface area contributed by atoms with Gasteiger partial charge in [0.25, 0.3) is 0 Å². The second kappa shape index (κ2) is 7.85. The summed E-state index contributed by atoms with van der Waals surface area (Å²) in [7, 11) is 0. The molecule has 116 valence electrons. The van der Waals surface area contributed by atoms with Crippen LogP contribution in [0.5, 0.6) is 0 Å². The molecule has 0 saturated carbocycles. The molecule has 0 aromatic heterocycles. The molecular weight excluding hydrogens is 286 g/mol. The number of benzene rings is 2. The molecule has 0 N–H and O–H groups in total. The van der Waals surface area contributed by atoms with Gasteiger partial charge in [0.2, 0.25) is 0 Å². The second-order valence-corrected chi connectivity index (χ2v) is 6.69. The summed E-state index contributed by atoms with van der Waals surface area (Å²) >= 11 is 4.51. The van der Waals surface area contributed by atoms with E-state index in [-0.39, 0.29) is 0 Å². The summed E-state index contributed by atoms with van der Waals surface area (Å²) in [5.41, 5.74) is 2.84. The molecule has 2 aromatic rings. The molecule has 1 aliphatic heterocycles. The maximum absolute atomic E-state index is 4.51. The van der Waals surface area contributed by atoms with Crippen molar-refractivity contribution in [3.63, 3.8) is 0 Å². The molecule has 0 radical (unpaired) electrons. The highest BCUT2D eigenvalue weighted by Gasteiger charge is 2.23. The van der Waals surface area contributed by atoms with Gasteiger partial charge in [-0.2, -0.15) is 12.6 Å². The molecule has 1 atom stereocenters. The van der Waals surface area contributed by atoms with Gasteiger partial charge in [-0.15, -0.1) is 0 Å². The maximum Gasteiger partial charge on any atom is 0.0217 e. The van der Waals surface area contributed by atoms with E-state index in [9.17, 15) is 0 Å². The van der Waals surface area contributed by atoms with Crippen molar-refractivity contribution < 1.29 is 0 Å². The molecule has 0 bridgehead atoms. The average molecular weight is 311 g/mol. The van der Waals surface area contributed by atoms with Gasteiger partial charge in [-0.1, -0.05) is 60.7 Å². The first-order valence-electron chi connectivity index (χ1n) is 8.30. The fraction of sp³-hybridized carbons (Fsp3) is 0.400. The van der Waals surface area contributed by atoms with Crippen LogP contribution < -0.4 is 0 Å². The minimum Gasteiger partial charge on any atom is -0.302 e. The van der Waals surface area contributed by atoms with Crippen LogP contribution in [0.15, 0.2) is 60.7 Å². The summed E-state index contributed by atoms with van der Waals surface area (Å²) in [5.74, 6) is 2.23. The number of likely N-dealkylation sites (tertiary alicyclic amines) is 1. The molecule has 1 fully saturated rings. The van der Waals surface area contributed by atoms with Crippen molar-refractivity contribution in [2.45, 2.75) is 18.8 Å². The predicted octanol–water partition coefficient (Wildman–Crippen LogP) is 4.46. The maximum atomic E-state index is 4.51. The first-order chi connectivity index (χ1) is 10.9. The standard InChI is InChI=1S/C20H25NS/c22-16-17-8-7-13-21(14-17)15-20(18-9-3-1-4-10-18)19-11-5-2-6-12-19/h1-6,9-12,17,20,22H,7-8,13-16H2. The van der Waals surface area contributed by atoms with Gasteiger partial charge in [-0.05, 0) is 42.2 Å². The minimum absolute atomic E-state index is 0.459. The number of rotatable bonds is 5. The monoisotopic (exact) mass is 311 g/mol. The lowest BCUT2D eigenvalue weighted by atomic mass is 9.89. The molecule has 1 saturated heterocycles. The number of thiol groups is 1. The summed E-state index contributed by atoms with van der Waals surface area (Å²) in [6.07, 6.45) is 2.64. The Bertz CT molecular complexity index is 515. The van der Waals surface area contributed by atoms with Gasteiger partial charge in [0, 0.05) is 19.0 Å². The van der Waals surface area contributed by atoms with Crippen LogP contribution in [0, 0.1) is 5.92 Å². The summed E-state index contributed by atoms with van der Waals surface area (Å²) in [6.45, 7) is 3.53. The Morgan fingerprint density at radius 2 is 1.55 bits per heavy atom. The van der Waals surface area contributed by atoms with Crippen LogP contribution in [0.25, 0.3) is 0 Å². The molecule has 1 unspecified atom stereocenters. The fourth-order valence-electron chi connectivity index (χ4n) is 3.50. The Morgan fingerprint density at radius 3 is 2.09 bits per heavy atom. The molecule has 0 amide bonds. The molecule has 1 aliphatic rings. The van der Waals surface area contributed by atoms with Crippen LogP contribution >= 0.6 is 12.6 Å². The van der Waals surface area contributed by atoms with Crippen LogP contribution in [-0.4, -0.2) is 30.3 Å². The van der Waals surface area contributed by atoms with Gasteiger partial charge >= 0.3 is 0 Å². The summed E-state index contributed by atoms with van der Waals surface area (Å²) in [4.78, 5) is 2.63. The lowest BCUT2D eigenvalue weighted by Gasteiger charge is -2.35. The summed E-state index contributed by atoms with van der Waals surface area (Å²) < 4.78 is 0. The quantitative estimate of drug-likeness (QED) is 0.798. The van der Waals surface area contributed by atoms with E-state index in [2.05, 4.69) is 78.2 Å². The molecular formula is C20H25NS. The lowest BCUT2D eigenvalue weighted by molar-refractivity contribution is 0.181. The van der Waals surface area contributed by atoms with E-state index in [1.54, 1.807) is 0 Å². The van der Waals surface area contributed by atoms with Crippen LogP contribution in [0.2, 0.25) is 0 Å². The van der Waals surface area contributed by atoms with Gasteiger partial charge in [0.1, 0.15) is 0 Å². The zero-order valence-electron chi connectivity index (χ0n) is 13.1. The van der Waals surface area contributed by atoms with Crippen LogP contribution in [-0.2, 0) is 0 Å². The highest BCUT2D eigenvalue weighted by molar-refractivity contribution is 7.80. The van der Waals surface area contributed by atoms with E-state index in [0.717, 1.165) is 18.2 Å². The highest BCUT2D eigenvalue weighted by Crippen LogP contribution is 2.28. The first kappa shape index (κ1) is 15.6. The van der Waals surface area contributed by atoms with Gasteiger partial charge in [-0.25, -0.2) is 0 Å². The Labute approximate surface area is 139 Å². The third-order valence-electron chi connectivity index (χ3n) is 4.71. The summed E-state index contributed by atoms with van der Waals surface area (Å²) in [6, 6.07) is 21.9. The highest BCUT2D eigenvalue weighted by atomic mass is 32.1. The van der Waals surface area contributed by atoms with Crippen molar-refractivity contribution in [3.8, 4) is 0 Å². The topological polar surface area (TPSA) is 3.24 Å². The number of nitrogens with zero attached hydrogens (tertiary/aromatic N) is 1. The van der Waals surface area contributed by atoms with E-state index in [1.807, 2.05) is 0 Å². The number of piperidine rings is 1. The van der Waals surface area contributed by atoms with Gasteiger partial charge in [0.05, 0.1) is 0 Å². The minimum atomic E-state index is 0.459. The van der Waals surface area contributed by atoms with Crippen LogP contribution in [0.1, 0.15) is 29.9 Å². The first-order valence-corrected chi connectivity index (χ1v) is 8.93. The van der Waals surface area contributed by atoms with Crippen molar-refractivity contribution in [1.29, 1.82) is 0 Å². The fourth-order valence-corrected chi connectivity index (χ4v) is 3.80. The molecule has 0 spiro atoms. The van der Waals surface area contributed by atoms with Gasteiger partial charge in [0.15, 0.2) is 0 Å². The largest absolute Gasteiger partial charge is 0.302 e. The van der Waals surface area contributed by atoms with E-state index >= 15 is 0 Å². The van der Waals surface area contributed by atoms with Crippen LogP contribution in [0.4, 0.5) is 0 Å². The molecule has 1 nitrogen and oxygen atoms in total. The molecule has 1 heterocycles. The van der Waals surface area contributed by atoms with Gasteiger partial charge < -0.3 is 4.90 Å². The number of hydrogen-bond donors (Lipinski definition) is 1. The third-order valence-corrected chi connectivity index (χ3v) is 5.22. The van der Waals surface area contributed by atoms with Crippen molar-refractivity contribution >= 4 is 12.6 Å². The molecule has 2 aromatic carbocycles. The van der Waals surface area contributed by atoms with E-state index in [1.165, 1.54) is 37.1 Å². The van der Waals surface area contributed by atoms with Crippen molar-refractivity contribution in [2.75, 3.05) is 25.4 Å². The lowest BCUT2D eigenvalue weighted by Crippen LogP contribution is -2.38. The smallest absolute Gasteiger partial charge is 0.0217 e. The predicted molar refractivity (Wildman–Crippen MR) is 97.7 cm³/mol. The molecule has 22 heavy (non-hydrogen) atoms. The van der Waals surface area contributed by atoms with E-state index in [0.29, 0.717) is 5.92 Å². The number of hydrogen-bond acceptors (Lipinski definition) is 2. The second-order valence-electron chi connectivity index (χ2n) is 6.32. The van der Waals surface area contributed by atoms with Crippen molar-refractivity contribution in [2.24, 2.45) is 5.92 Å².